The van der Waals surface area contributed by atoms with Gasteiger partial charge in [0.25, 0.3) is 0 Å². The van der Waals surface area contributed by atoms with Crippen LogP contribution in [0, 0.1) is 0 Å². The standard InChI is InChI=1S/2C14H17.2ClH.Zr/c2*1-10-7-11-5-6-13(14(2,3)4)9-12(11)8-10;;;/h2*5-9H,1-4H3;2*1H;/q;;;;+2/p-2. The number of benzene rings is 2. The molecule has 0 N–H and O–H groups in total. The normalized spacial score (nSPS) is 19.4. The summed E-state index contributed by atoms with van der Waals surface area (Å²) in [7, 11) is 0. The zero-order chi connectivity index (χ0) is 21.1. The Bertz CT molecular complexity index is 948. The Balaban J connectivity index is 0.00000171. The summed E-state index contributed by atoms with van der Waals surface area (Å²) in [6, 6.07) is 14.5. The van der Waals surface area contributed by atoms with Crippen molar-refractivity contribution in [2.45, 2.75) is 73.5 Å². The van der Waals surface area contributed by atoms with Crippen molar-refractivity contribution in [3.8, 4) is 0 Å². The summed E-state index contributed by atoms with van der Waals surface area (Å²) in [5, 5.41) is 0. The summed E-state index contributed by atoms with van der Waals surface area (Å²) < 4.78 is 1.40. The minimum atomic E-state index is -0.725. The maximum Gasteiger partial charge on any atom is -1.00 e. The zero-order valence-corrected chi connectivity index (χ0v) is 24.0. The molecule has 2 aromatic carbocycles. The molecule has 2 aromatic rings. The Morgan fingerprint density at radius 1 is 0.613 bits per heavy atom. The second-order valence-electron chi connectivity index (χ2n) is 11.0. The summed E-state index contributed by atoms with van der Waals surface area (Å²) in [4.78, 5) is 0. The molecular weight excluding hydrogens is 498 g/mol. The molecule has 2 unspecified atom stereocenters. The predicted octanol–water partition coefficient (Wildman–Crippen LogP) is 1.99. The average Bonchev–Trinajstić information content (AvgIpc) is 3.09. The van der Waals surface area contributed by atoms with Crippen molar-refractivity contribution >= 4 is 12.2 Å². The smallest absolute Gasteiger partial charge is 1.00 e. The van der Waals surface area contributed by atoms with Gasteiger partial charge in [0.1, 0.15) is 0 Å². The fourth-order valence-corrected chi connectivity index (χ4v) is 9.31. The van der Waals surface area contributed by atoms with Gasteiger partial charge >= 0.3 is 190 Å². The molecular formula is C28H34Cl2Zr. The van der Waals surface area contributed by atoms with E-state index in [0.717, 1.165) is 0 Å². The van der Waals surface area contributed by atoms with Gasteiger partial charge in [0.15, 0.2) is 0 Å². The fraction of sp³-hybridized carbons (Fsp3) is 0.429. The van der Waals surface area contributed by atoms with Crippen LogP contribution >= 0.6 is 0 Å². The van der Waals surface area contributed by atoms with E-state index >= 15 is 0 Å². The average molecular weight is 533 g/mol. The quantitative estimate of drug-likeness (QED) is 0.555. The first kappa shape index (κ1) is 26.6. The van der Waals surface area contributed by atoms with Crippen LogP contribution in [0.5, 0.6) is 0 Å². The molecule has 0 heterocycles. The first-order valence-electron chi connectivity index (χ1n) is 10.9. The van der Waals surface area contributed by atoms with Crippen molar-refractivity contribution < 1.29 is 48.0 Å². The van der Waals surface area contributed by atoms with Crippen LogP contribution < -0.4 is 24.8 Å². The Labute approximate surface area is 213 Å². The summed E-state index contributed by atoms with van der Waals surface area (Å²) in [6.07, 6.45) is 4.93. The predicted molar refractivity (Wildman–Crippen MR) is 123 cm³/mol. The SMILES string of the molecule is CC1=Cc2cc(C(C)(C)C)ccc2[CH]1[Zr+2][CH]1C(C)=Cc2cc(C(C)(C)C)ccc21.[Cl-].[Cl-]. The summed E-state index contributed by atoms with van der Waals surface area (Å²) in [6.45, 7) is 18.6. The van der Waals surface area contributed by atoms with Gasteiger partial charge in [-0.1, -0.05) is 0 Å². The Morgan fingerprint density at radius 3 is 1.29 bits per heavy atom. The molecule has 4 rings (SSSR count). The second-order valence-corrected chi connectivity index (χ2v) is 14.7. The Kier molecular flexibility index (Phi) is 8.01. The summed E-state index contributed by atoms with van der Waals surface area (Å²) in [5.41, 5.74) is 12.6. The molecule has 0 aliphatic heterocycles. The van der Waals surface area contributed by atoms with Crippen molar-refractivity contribution in [2.24, 2.45) is 0 Å². The van der Waals surface area contributed by atoms with E-state index in [1.807, 2.05) is 0 Å². The third-order valence-electron chi connectivity index (χ3n) is 6.54. The van der Waals surface area contributed by atoms with Gasteiger partial charge in [-0.05, 0) is 0 Å². The van der Waals surface area contributed by atoms with E-state index < -0.39 is 23.2 Å². The molecule has 0 bridgehead atoms. The molecule has 31 heavy (non-hydrogen) atoms. The maximum atomic E-state index is 2.47. The van der Waals surface area contributed by atoms with Gasteiger partial charge in [-0.3, -0.25) is 0 Å². The molecule has 3 heteroatoms. The van der Waals surface area contributed by atoms with Gasteiger partial charge in [-0.2, -0.15) is 0 Å². The van der Waals surface area contributed by atoms with Crippen molar-refractivity contribution in [2.75, 3.05) is 0 Å². The molecule has 2 atom stereocenters. The first-order valence-corrected chi connectivity index (χ1v) is 13.7. The Hall–Kier alpha value is -0.617. The van der Waals surface area contributed by atoms with Crippen molar-refractivity contribution in [3.05, 3.63) is 80.9 Å². The molecule has 0 fully saturated rings. The molecule has 0 aromatic heterocycles. The molecule has 0 spiro atoms. The monoisotopic (exact) mass is 530 g/mol. The number of halogens is 2. The van der Waals surface area contributed by atoms with Crippen LogP contribution in [0.4, 0.5) is 0 Å². The largest absolute Gasteiger partial charge is 1.00 e. The van der Waals surface area contributed by atoms with Gasteiger partial charge in [0.2, 0.25) is 0 Å². The van der Waals surface area contributed by atoms with Gasteiger partial charge in [0, 0.05) is 0 Å². The summed E-state index contributed by atoms with van der Waals surface area (Å²) in [5.74, 6) is 0. The molecule has 0 saturated heterocycles. The number of hydrogen-bond acceptors (Lipinski definition) is 0. The van der Waals surface area contributed by atoms with Gasteiger partial charge in [0.05, 0.1) is 0 Å². The molecule has 0 nitrogen and oxygen atoms in total. The first-order chi connectivity index (χ1) is 13.4. The van der Waals surface area contributed by atoms with E-state index in [0.29, 0.717) is 7.25 Å². The van der Waals surface area contributed by atoms with Crippen LogP contribution in [0.15, 0.2) is 47.5 Å². The van der Waals surface area contributed by atoms with Crippen LogP contribution in [0.3, 0.4) is 0 Å². The van der Waals surface area contributed by atoms with Gasteiger partial charge in [-0.15, -0.1) is 0 Å². The van der Waals surface area contributed by atoms with Crippen molar-refractivity contribution in [1.29, 1.82) is 0 Å². The zero-order valence-electron chi connectivity index (χ0n) is 20.0. The second kappa shape index (κ2) is 9.32. The third kappa shape index (κ3) is 5.15. The maximum absolute atomic E-state index is 2.47. The van der Waals surface area contributed by atoms with E-state index in [1.165, 1.54) is 22.3 Å². The van der Waals surface area contributed by atoms with E-state index in [2.05, 4.69) is 104 Å². The number of hydrogen-bond donors (Lipinski definition) is 0. The summed E-state index contributed by atoms with van der Waals surface area (Å²) >= 11 is -0.725. The van der Waals surface area contributed by atoms with Crippen molar-refractivity contribution in [1.82, 2.24) is 0 Å². The van der Waals surface area contributed by atoms with Crippen molar-refractivity contribution in [3.63, 3.8) is 0 Å². The van der Waals surface area contributed by atoms with E-state index in [-0.39, 0.29) is 35.6 Å². The van der Waals surface area contributed by atoms with E-state index in [1.54, 1.807) is 22.3 Å². The van der Waals surface area contributed by atoms with Crippen LogP contribution in [0.25, 0.3) is 12.2 Å². The number of allylic oxidation sites excluding steroid dienone is 2. The molecule has 2 aliphatic rings. The molecule has 2 aliphatic carbocycles. The van der Waals surface area contributed by atoms with E-state index in [4.69, 9.17) is 0 Å². The fourth-order valence-electron chi connectivity index (χ4n) is 4.62. The van der Waals surface area contributed by atoms with E-state index in [9.17, 15) is 0 Å². The topological polar surface area (TPSA) is 0 Å². The minimum absolute atomic E-state index is 0. The molecule has 0 radical (unpaired) electrons. The van der Waals surface area contributed by atoms with Crippen LogP contribution in [-0.4, -0.2) is 0 Å². The molecule has 164 valence electrons. The van der Waals surface area contributed by atoms with Crippen LogP contribution in [-0.2, 0) is 34.1 Å². The van der Waals surface area contributed by atoms with Crippen LogP contribution in [0.1, 0.15) is 96.0 Å². The minimum Gasteiger partial charge on any atom is -1.00 e. The number of rotatable bonds is 2. The van der Waals surface area contributed by atoms with Gasteiger partial charge in [-0.25, -0.2) is 0 Å². The third-order valence-corrected chi connectivity index (χ3v) is 11.9. The Morgan fingerprint density at radius 2 is 0.968 bits per heavy atom. The number of fused-ring (bicyclic) bond motifs is 2. The van der Waals surface area contributed by atoms with Crippen LogP contribution in [0.2, 0.25) is 0 Å². The van der Waals surface area contributed by atoms with Gasteiger partial charge < -0.3 is 24.8 Å². The molecule has 0 amide bonds. The molecule has 0 saturated carbocycles.